The highest BCUT2D eigenvalue weighted by atomic mass is 32.2. The Morgan fingerprint density at radius 3 is 1.92 bits per heavy atom. The van der Waals surface area contributed by atoms with Crippen molar-refractivity contribution in [3.63, 3.8) is 0 Å². The van der Waals surface area contributed by atoms with Crippen molar-refractivity contribution in [2.45, 2.75) is 103 Å². The van der Waals surface area contributed by atoms with Gasteiger partial charge in [0.05, 0.1) is 5.25 Å². The van der Waals surface area contributed by atoms with E-state index >= 15 is 0 Å². The second kappa shape index (κ2) is 13.2. The van der Waals surface area contributed by atoms with Crippen LogP contribution in [0, 0.1) is 6.92 Å². The lowest BCUT2D eigenvalue weighted by molar-refractivity contribution is 0.455. The summed E-state index contributed by atoms with van der Waals surface area (Å²) in [5, 5.41) is -0.406. The fraction of sp³-hybridized carbons (Fsp3) is 0.727. The van der Waals surface area contributed by atoms with E-state index in [0.29, 0.717) is 18.6 Å². The molecule has 0 saturated carbocycles. The molecule has 0 aliphatic heterocycles. The van der Waals surface area contributed by atoms with Gasteiger partial charge in [-0.05, 0) is 31.4 Å². The van der Waals surface area contributed by atoms with E-state index < -0.39 is 15.4 Å². The van der Waals surface area contributed by atoms with Crippen molar-refractivity contribution in [1.29, 1.82) is 0 Å². The Morgan fingerprint density at radius 2 is 1.38 bits per heavy atom. The quantitative estimate of drug-likeness (QED) is 0.248. The number of aryl methyl sites for hydroxylation is 1. The molecule has 3 nitrogen and oxygen atoms in total. The van der Waals surface area contributed by atoms with Crippen molar-refractivity contribution in [3.05, 3.63) is 29.8 Å². The van der Waals surface area contributed by atoms with E-state index in [1.807, 2.05) is 26.0 Å². The second-order valence-corrected chi connectivity index (χ2v) is 9.16. The molecule has 26 heavy (non-hydrogen) atoms. The first-order chi connectivity index (χ1) is 12.5. The predicted octanol–water partition coefficient (Wildman–Crippen LogP) is 6.79. The molecule has 1 aromatic rings. The maximum absolute atomic E-state index is 12.6. The maximum atomic E-state index is 12.6. The van der Waals surface area contributed by atoms with Gasteiger partial charge in [0, 0.05) is 0 Å². The van der Waals surface area contributed by atoms with Gasteiger partial charge in [-0.1, -0.05) is 96.3 Å². The average Bonchev–Trinajstić information content (AvgIpc) is 2.61. The van der Waals surface area contributed by atoms with Gasteiger partial charge in [0.15, 0.2) is 0 Å². The SMILES string of the molecule is CCCCCCCCCCCCC(CC)S(=O)(=O)Oc1ccccc1C. The summed E-state index contributed by atoms with van der Waals surface area (Å²) in [4.78, 5) is 0. The van der Waals surface area contributed by atoms with Gasteiger partial charge < -0.3 is 4.18 Å². The van der Waals surface area contributed by atoms with Crippen LogP contribution in [0.1, 0.15) is 96.5 Å². The van der Waals surface area contributed by atoms with Crippen LogP contribution in [0.15, 0.2) is 24.3 Å². The van der Waals surface area contributed by atoms with Crippen LogP contribution >= 0.6 is 0 Å². The van der Waals surface area contributed by atoms with Crippen LogP contribution in [0.4, 0.5) is 0 Å². The van der Waals surface area contributed by atoms with Crippen LogP contribution < -0.4 is 4.18 Å². The third-order valence-electron chi connectivity index (χ3n) is 5.04. The summed E-state index contributed by atoms with van der Waals surface area (Å²) in [6.07, 6.45) is 13.9. The molecule has 0 heterocycles. The van der Waals surface area contributed by atoms with Crippen molar-refractivity contribution >= 4 is 10.1 Å². The van der Waals surface area contributed by atoms with Gasteiger partial charge in [-0.3, -0.25) is 0 Å². The van der Waals surface area contributed by atoms with Crippen LogP contribution in [0.25, 0.3) is 0 Å². The molecule has 0 aliphatic carbocycles. The molecule has 0 aliphatic rings. The summed E-state index contributed by atoms with van der Waals surface area (Å²) in [5.41, 5.74) is 0.852. The van der Waals surface area contributed by atoms with Crippen LogP contribution in [0.3, 0.4) is 0 Å². The highest BCUT2D eigenvalue weighted by Gasteiger charge is 2.25. The van der Waals surface area contributed by atoms with Crippen molar-refractivity contribution in [3.8, 4) is 5.75 Å². The number of rotatable bonds is 15. The molecule has 0 saturated heterocycles. The molecule has 0 amide bonds. The maximum Gasteiger partial charge on any atom is 0.312 e. The Kier molecular flexibility index (Phi) is 11.7. The number of hydrogen-bond acceptors (Lipinski definition) is 3. The molecule has 1 rings (SSSR count). The third-order valence-corrected chi connectivity index (χ3v) is 6.84. The minimum absolute atomic E-state index is 0.406. The zero-order valence-electron chi connectivity index (χ0n) is 17.0. The van der Waals surface area contributed by atoms with Gasteiger partial charge >= 0.3 is 10.1 Å². The summed E-state index contributed by atoms with van der Waals surface area (Å²) in [5.74, 6) is 0.453. The van der Waals surface area contributed by atoms with Crippen LogP contribution in [-0.4, -0.2) is 13.7 Å². The molecule has 0 bridgehead atoms. The predicted molar refractivity (Wildman–Crippen MR) is 111 cm³/mol. The lowest BCUT2D eigenvalue weighted by Gasteiger charge is -2.17. The van der Waals surface area contributed by atoms with E-state index in [2.05, 4.69) is 6.92 Å². The van der Waals surface area contributed by atoms with E-state index in [1.54, 1.807) is 12.1 Å². The van der Waals surface area contributed by atoms with E-state index in [0.717, 1.165) is 18.4 Å². The number of unbranched alkanes of at least 4 members (excludes halogenated alkanes) is 9. The van der Waals surface area contributed by atoms with E-state index in [-0.39, 0.29) is 0 Å². The molecule has 0 N–H and O–H groups in total. The minimum atomic E-state index is -3.56. The Labute approximate surface area is 161 Å². The lowest BCUT2D eigenvalue weighted by Crippen LogP contribution is -2.25. The summed E-state index contributed by atoms with van der Waals surface area (Å²) in [6.45, 7) is 6.05. The van der Waals surface area contributed by atoms with E-state index in [9.17, 15) is 8.42 Å². The summed E-state index contributed by atoms with van der Waals surface area (Å²) in [7, 11) is -3.56. The molecule has 1 atom stereocenters. The zero-order valence-corrected chi connectivity index (χ0v) is 17.8. The number of para-hydroxylation sites is 1. The molecule has 150 valence electrons. The van der Waals surface area contributed by atoms with Gasteiger partial charge in [-0.2, -0.15) is 8.42 Å². The first kappa shape index (κ1) is 23.0. The highest BCUT2D eigenvalue weighted by Crippen LogP contribution is 2.23. The molecular weight excluding hydrogens is 344 g/mol. The summed E-state index contributed by atoms with van der Waals surface area (Å²) >= 11 is 0. The fourth-order valence-electron chi connectivity index (χ4n) is 3.26. The summed E-state index contributed by atoms with van der Waals surface area (Å²) in [6, 6.07) is 7.28. The van der Waals surface area contributed by atoms with Crippen LogP contribution in [0.5, 0.6) is 5.75 Å². The van der Waals surface area contributed by atoms with Crippen LogP contribution in [-0.2, 0) is 10.1 Å². The number of benzene rings is 1. The molecule has 0 radical (unpaired) electrons. The van der Waals surface area contributed by atoms with Gasteiger partial charge in [0.1, 0.15) is 5.75 Å². The van der Waals surface area contributed by atoms with E-state index in [1.165, 1.54) is 51.4 Å². The van der Waals surface area contributed by atoms with Crippen molar-refractivity contribution in [2.24, 2.45) is 0 Å². The lowest BCUT2D eigenvalue weighted by atomic mass is 10.0. The van der Waals surface area contributed by atoms with Gasteiger partial charge in [-0.15, -0.1) is 0 Å². The smallest absolute Gasteiger partial charge is 0.312 e. The topological polar surface area (TPSA) is 43.4 Å². The van der Waals surface area contributed by atoms with Gasteiger partial charge in [0.25, 0.3) is 0 Å². The Bertz CT molecular complexity index is 581. The van der Waals surface area contributed by atoms with E-state index in [4.69, 9.17) is 4.18 Å². The van der Waals surface area contributed by atoms with Crippen molar-refractivity contribution in [1.82, 2.24) is 0 Å². The van der Waals surface area contributed by atoms with Crippen LogP contribution in [0.2, 0.25) is 0 Å². The number of hydrogen-bond donors (Lipinski definition) is 0. The first-order valence-electron chi connectivity index (χ1n) is 10.5. The first-order valence-corrected chi connectivity index (χ1v) is 12.0. The average molecular weight is 383 g/mol. The Morgan fingerprint density at radius 1 is 0.846 bits per heavy atom. The molecule has 4 heteroatoms. The highest BCUT2D eigenvalue weighted by molar-refractivity contribution is 7.87. The van der Waals surface area contributed by atoms with Gasteiger partial charge in [-0.25, -0.2) is 0 Å². The molecular formula is C22H38O3S. The molecule has 1 aromatic carbocycles. The Hall–Kier alpha value is -1.03. The van der Waals surface area contributed by atoms with Crippen molar-refractivity contribution in [2.75, 3.05) is 0 Å². The molecule has 0 aromatic heterocycles. The Balaban J connectivity index is 2.26. The molecule has 0 spiro atoms. The van der Waals surface area contributed by atoms with Crippen molar-refractivity contribution < 1.29 is 12.6 Å². The monoisotopic (exact) mass is 382 g/mol. The second-order valence-electron chi connectivity index (χ2n) is 7.34. The summed E-state index contributed by atoms with van der Waals surface area (Å²) < 4.78 is 30.5. The minimum Gasteiger partial charge on any atom is -0.382 e. The fourth-order valence-corrected chi connectivity index (χ4v) is 4.69. The standard InChI is InChI=1S/C22H38O3S/c1-4-6-7-8-9-10-11-12-13-14-18-21(5-2)26(23,24)25-22-19-16-15-17-20(22)3/h15-17,19,21H,4-14,18H2,1-3H3. The van der Waals surface area contributed by atoms with Gasteiger partial charge in [0.2, 0.25) is 0 Å². The third kappa shape index (κ3) is 9.07. The molecule has 1 unspecified atom stereocenters. The zero-order chi connectivity index (χ0) is 19.3. The molecule has 0 fully saturated rings. The normalized spacial score (nSPS) is 12.9. The largest absolute Gasteiger partial charge is 0.382 e.